The van der Waals surface area contributed by atoms with E-state index < -0.39 is 18.6 Å². The Bertz CT molecular complexity index is 1140. The topological polar surface area (TPSA) is 122 Å². The quantitative estimate of drug-likeness (QED) is 0.531. The van der Waals surface area contributed by atoms with Gasteiger partial charge >= 0.3 is 6.18 Å². The van der Waals surface area contributed by atoms with Gasteiger partial charge < -0.3 is 10.6 Å². The molecule has 0 aliphatic carbocycles. The molecule has 0 atom stereocenters. The standard InChI is InChI=1S/C20H18F3N7O2/c1-11-9-13(26-12(2)31)6-7-14(11)17(32)29-19-28-16(15-5-3-4-8-24-15)27-18(30-19)25-10-20(21,22)23/h3-9H,10H2,1-2H3,(H,26,31)(H2,25,27,28,29,30,32). The number of benzene rings is 1. The lowest BCUT2D eigenvalue weighted by molar-refractivity contribution is -0.115. The molecule has 0 aliphatic rings. The van der Waals surface area contributed by atoms with Crippen molar-refractivity contribution < 1.29 is 22.8 Å². The van der Waals surface area contributed by atoms with E-state index in [1.165, 1.54) is 19.2 Å². The second-order valence-electron chi connectivity index (χ2n) is 6.65. The Labute approximate surface area is 180 Å². The lowest BCUT2D eigenvalue weighted by Crippen LogP contribution is -2.23. The fourth-order valence-electron chi connectivity index (χ4n) is 2.67. The van der Waals surface area contributed by atoms with Crippen LogP contribution in [0.15, 0.2) is 42.6 Å². The van der Waals surface area contributed by atoms with E-state index in [1.54, 1.807) is 37.3 Å². The van der Waals surface area contributed by atoms with Crippen molar-refractivity contribution in [3.63, 3.8) is 0 Å². The summed E-state index contributed by atoms with van der Waals surface area (Å²) in [5, 5.41) is 7.16. The van der Waals surface area contributed by atoms with Crippen molar-refractivity contribution in [2.45, 2.75) is 20.0 Å². The summed E-state index contributed by atoms with van der Waals surface area (Å²) >= 11 is 0. The van der Waals surface area contributed by atoms with Crippen LogP contribution in [-0.4, -0.2) is 44.5 Å². The van der Waals surface area contributed by atoms with Crippen molar-refractivity contribution in [2.24, 2.45) is 0 Å². The highest BCUT2D eigenvalue weighted by atomic mass is 19.4. The zero-order valence-corrected chi connectivity index (χ0v) is 17.0. The van der Waals surface area contributed by atoms with Gasteiger partial charge in [-0.2, -0.15) is 28.1 Å². The van der Waals surface area contributed by atoms with Gasteiger partial charge in [0.1, 0.15) is 12.2 Å². The molecule has 3 rings (SSSR count). The van der Waals surface area contributed by atoms with Crippen molar-refractivity contribution in [2.75, 3.05) is 22.5 Å². The van der Waals surface area contributed by atoms with E-state index in [1.807, 2.05) is 0 Å². The number of halogens is 3. The summed E-state index contributed by atoms with van der Waals surface area (Å²) in [4.78, 5) is 39.9. The molecule has 12 heteroatoms. The molecule has 0 radical (unpaired) electrons. The van der Waals surface area contributed by atoms with Crippen LogP contribution in [0.25, 0.3) is 11.5 Å². The number of nitrogens with zero attached hydrogens (tertiary/aromatic N) is 4. The Hall–Kier alpha value is -4.09. The first kappa shape index (κ1) is 22.6. The highest BCUT2D eigenvalue weighted by Gasteiger charge is 2.27. The van der Waals surface area contributed by atoms with Crippen molar-refractivity contribution >= 4 is 29.4 Å². The van der Waals surface area contributed by atoms with Crippen LogP contribution in [0.3, 0.4) is 0 Å². The van der Waals surface area contributed by atoms with E-state index >= 15 is 0 Å². The predicted molar refractivity (Wildman–Crippen MR) is 111 cm³/mol. The summed E-state index contributed by atoms with van der Waals surface area (Å²) in [6.45, 7) is 1.67. The van der Waals surface area contributed by atoms with Crippen LogP contribution < -0.4 is 16.0 Å². The molecule has 2 amide bonds. The minimum atomic E-state index is -4.49. The van der Waals surface area contributed by atoms with Gasteiger partial charge in [-0.3, -0.25) is 19.9 Å². The SMILES string of the molecule is CC(=O)Nc1ccc(C(=O)Nc2nc(NCC(F)(F)F)nc(-c3ccccn3)n2)c(C)c1. The number of rotatable bonds is 6. The van der Waals surface area contributed by atoms with Crippen LogP contribution in [0.5, 0.6) is 0 Å². The van der Waals surface area contributed by atoms with Gasteiger partial charge in [0.05, 0.1) is 0 Å². The number of carbonyl (C=O) groups is 2. The first-order valence-electron chi connectivity index (χ1n) is 9.28. The second kappa shape index (κ2) is 9.37. The molecule has 2 aromatic heterocycles. The average Bonchev–Trinajstić information content (AvgIpc) is 2.72. The van der Waals surface area contributed by atoms with Gasteiger partial charge in [0.2, 0.25) is 17.8 Å². The maximum atomic E-state index is 12.7. The summed E-state index contributed by atoms with van der Waals surface area (Å²) in [6.07, 6.45) is -3.02. The molecule has 9 nitrogen and oxygen atoms in total. The van der Waals surface area contributed by atoms with Crippen LogP contribution in [-0.2, 0) is 4.79 Å². The number of pyridine rings is 1. The molecule has 0 saturated carbocycles. The molecule has 166 valence electrons. The number of aryl methyl sites for hydroxylation is 1. The molecule has 3 N–H and O–H groups in total. The smallest absolute Gasteiger partial charge is 0.345 e. The monoisotopic (exact) mass is 445 g/mol. The zero-order chi connectivity index (χ0) is 23.3. The van der Waals surface area contributed by atoms with Crippen molar-refractivity contribution in [1.29, 1.82) is 0 Å². The van der Waals surface area contributed by atoms with E-state index in [-0.39, 0.29) is 34.9 Å². The minimum absolute atomic E-state index is 0.0155. The third-order valence-electron chi connectivity index (χ3n) is 3.99. The fourth-order valence-corrected chi connectivity index (χ4v) is 2.67. The van der Waals surface area contributed by atoms with Crippen LogP contribution in [0.4, 0.5) is 30.8 Å². The van der Waals surface area contributed by atoms with Crippen molar-refractivity contribution in [3.05, 3.63) is 53.7 Å². The molecule has 0 aliphatic heterocycles. The molecule has 0 unspecified atom stereocenters. The number of nitrogens with one attached hydrogen (secondary N) is 3. The van der Waals surface area contributed by atoms with Gasteiger partial charge in [0, 0.05) is 24.4 Å². The van der Waals surface area contributed by atoms with E-state index in [9.17, 15) is 22.8 Å². The van der Waals surface area contributed by atoms with E-state index in [0.717, 1.165) is 0 Å². The molecule has 0 bridgehead atoms. The highest BCUT2D eigenvalue weighted by molar-refractivity contribution is 6.05. The van der Waals surface area contributed by atoms with E-state index in [0.29, 0.717) is 11.3 Å². The largest absolute Gasteiger partial charge is 0.405 e. The lowest BCUT2D eigenvalue weighted by atomic mass is 10.1. The Morgan fingerprint density at radius 2 is 1.75 bits per heavy atom. The number of hydrogen-bond acceptors (Lipinski definition) is 7. The first-order valence-corrected chi connectivity index (χ1v) is 9.28. The van der Waals surface area contributed by atoms with Gasteiger partial charge in [-0.1, -0.05) is 6.07 Å². The molecule has 32 heavy (non-hydrogen) atoms. The number of hydrogen-bond donors (Lipinski definition) is 3. The third kappa shape index (κ3) is 6.20. The van der Waals surface area contributed by atoms with Crippen LogP contribution >= 0.6 is 0 Å². The molecule has 2 heterocycles. The van der Waals surface area contributed by atoms with E-state index in [4.69, 9.17) is 0 Å². The number of anilines is 3. The van der Waals surface area contributed by atoms with Gasteiger partial charge in [-0.25, -0.2) is 0 Å². The Kier molecular flexibility index (Phi) is 6.61. The minimum Gasteiger partial charge on any atom is -0.345 e. The summed E-state index contributed by atoms with van der Waals surface area (Å²) in [5.41, 5.74) is 1.63. The van der Waals surface area contributed by atoms with Crippen LogP contribution in [0.1, 0.15) is 22.8 Å². The van der Waals surface area contributed by atoms with Crippen molar-refractivity contribution in [1.82, 2.24) is 19.9 Å². The summed E-state index contributed by atoms with van der Waals surface area (Å²) < 4.78 is 37.8. The Morgan fingerprint density at radius 3 is 2.38 bits per heavy atom. The molecular formula is C20H18F3N7O2. The van der Waals surface area contributed by atoms with Gasteiger partial charge in [-0.15, -0.1) is 0 Å². The van der Waals surface area contributed by atoms with Crippen molar-refractivity contribution in [3.8, 4) is 11.5 Å². The van der Waals surface area contributed by atoms with Gasteiger partial charge in [0.15, 0.2) is 5.82 Å². The number of alkyl halides is 3. The maximum Gasteiger partial charge on any atom is 0.405 e. The van der Waals surface area contributed by atoms with Gasteiger partial charge in [0.25, 0.3) is 5.91 Å². The average molecular weight is 445 g/mol. The lowest BCUT2D eigenvalue weighted by Gasteiger charge is -2.12. The summed E-state index contributed by atoms with van der Waals surface area (Å²) in [6, 6.07) is 9.54. The molecule has 0 spiro atoms. The number of aromatic nitrogens is 4. The molecule has 0 fully saturated rings. The molecule has 1 aromatic carbocycles. The zero-order valence-electron chi connectivity index (χ0n) is 17.0. The van der Waals surface area contributed by atoms with Gasteiger partial charge in [-0.05, 0) is 42.8 Å². The fraction of sp³-hybridized carbons (Fsp3) is 0.200. The van der Waals surface area contributed by atoms with Crippen LogP contribution in [0, 0.1) is 6.92 Å². The summed E-state index contributed by atoms with van der Waals surface area (Å²) in [7, 11) is 0. The third-order valence-corrected chi connectivity index (χ3v) is 3.99. The maximum absolute atomic E-state index is 12.7. The summed E-state index contributed by atoms with van der Waals surface area (Å²) in [5.74, 6) is -1.48. The first-order chi connectivity index (χ1) is 15.1. The van der Waals surface area contributed by atoms with E-state index in [2.05, 4.69) is 35.9 Å². The van der Waals surface area contributed by atoms with Crippen LogP contribution in [0.2, 0.25) is 0 Å². The number of amides is 2. The predicted octanol–water partition coefficient (Wildman–Crippen LogP) is 3.43. The molecular weight excluding hydrogens is 427 g/mol. The Morgan fingerprint density at radius 1 is 1.00 bits per heavy atom. The second-order valence-corrected chi connectivity index (χ2v) is 6.65. The normalized spacial score (nSPS) is 11.0. The number of carbonyl (C=O) groups excluding carboxylic acids is 2. The molecule has 0 saturated heterocycles. The highest BCUT2D eigenvalue weighted by Crippen LogP contribution is 2.20. The Balaban J connectivity index is 1.89. The molecule has 3 aromatic rings.